The molecule has 108 valence electrons. The molecule has 0 aliphatic heterocycles. The zero-order chi connectivity index (χ0) is 14.0. The van der Waals surface area contributed by atoms with Crippen molar-refractivity contribution < 1.29 is 8.42 Å². The van der Waals surface area contributed by atoms with E-state index in [1.165, 1.54) is 17.8 Å². The molecule has 0 saturated heterocycles. The van der Waals surface area contributed by atoms with Crippen LogP contribution in [-0.2, 0) is 15.9 Å². The van der Waals surface area contributed by atoms with Gasteiger partial charge in [0.05, 0.1) is 10.8 Å². The van der Waals surface area contributed by atoms with Crippen LogP contribution in [0.15, 0.2) is 16.3 Å². The lowest BCUT2D eigenvalue weighted by Gasteiger charge is -2.33. The fraction of sp³-hybridized carbons (Fsp3) is 0.692. The second kappa shape index (κ2) is 6.12. The predicted molar refractivity (Wildman–Crippen MR) is 80.2 cm³/mol. The smallest absolute Gasteiger partial charge is 0.207 e. The van der Waals surface area contributed by atoms with Crippen LogP contribution < -0.4 is 0 Å². The van der Waals surface area contributed by atoms with Gasteiger partial charge in [-0.3, -0.25) is 0 Å². The summed E-state index contributed by atoms with van der Waals surface area (Å²) in [6.07, 6.45) is 4.23. The van der Waals surface area contributed by atoms with Gasteiger partial charge in [0.15, 0.2) is 0 Å². The first kappa shape index (κ1) is 15.3. The molecular weight excluding hydrogens is 302 g/mol. The fourth-order valence-electron chi connectivity index (χ4n) is 2.74. The average Bonchev–Trinajstić information content (AvgIpc) is 2.86. The van der Waals surface area contributed by atoms with Crippen LogP contribution in [0, 0.1) is 5.92 Å². The second-order valence-electron chi connectivity index (χ2n) is 5.29. The summed E-state index contributed by atoms with van der Waals surface area (Å²) in [7, 11) is -1.70. The van der Waals surface area contributed by atoms with Crippen molar-refractivity contribution in [3.63, 3.8) is 0 Å². The Kier molecular flexibility index (Phi) is 4.93. The Morgan fingerprint density at radius 1 is 1.47 bits per heavy atom. The first-order chi connectivity index (χ1) is 8.96. The monoisotopic (exact) mass is 321 g/mol. The van der Waals surface area contributed by atoms with Crippen LogP contribution in [0.2, 0.25) is 0 Å². The second-order valence-corrected chi connectivity index (χ2v) is 8.52. The minimum absolute atomic E-state index is 0.122. The van der Waals surface area contributed by atoms with Crippen LogP contribution in [-0.4, -0.2) is 25.8 Å². The highest BCUT2D eigenvalue weighted by atomic mass is 35.5. The molecule has 3 nitrogen and oxygen atoms in total. The Balaban J connectivity index is 2.24. The van der Waals surface area contributed by atoms with E-state index in [4.69, 9.17) is 11.6 Å². The molecule has 1 saturated carbocycles. The van der Waals surface area contributed by atoms with Gasteiger partial charge in [0.2, 0.25) is 10.0 Å². The van der Waals surface area contributed by atoms with E-state index in [1.54, 1.807) is 22.8 Å². The van der Waals surface area contributed by atoms with Crippen LogP contribution in [0.25, 0.3) is 0 Å². The number of alkyl halides is 1. The van der Waals surface area contributed by atoms with Gasteiger partial charge >= 0.3 is 0 Å². The van der Waals surface area contributed by atoms with Gasteiger partial charge < -0.3 is 0 Å². The molecule has 2 unspecified atom stereocenters. The zero-order valence-corrected chi connectivity index (χ0v) is 13.7. The average molecular weight is 322 g/mol. The van der Waals surface area contributed by atoms with Gasteiger partial charge in [0.25, 0.3) is 0 Å². The summed E-state index contributed by atoms with van der Waals surface area (Å²) < 4.78 is 26.9. The van der Waals surface area contributed by atoms with Crippen molar-refractivity contribution in [2.45, 2.75) is 49.4 Å². The van der Waals surface area contributed by atoms with Gasteiger partial charge in [-0.05, 0) is 30.2 Å². The Morgan fingerprint density at radius 2 is 2.21 bits per heavy atom. The van der Waals surface area contributed by atoms with Crippen molar-refractivity contribution in [2.24, 2.45) is 5.92 Å². The highest BCUT2D eigenvalue weighted by Gasteiger charge is 2.32. The van der Waals surface area contributed by atoms with Crippen molar-refractivity contribution in [2.75, 3.05) is 7.05 Å². The maximum absolute atomic E-state index is 12.7. The first-order valence-corrected chi connectivity index (χ1v) is 9.42. The molecule has 0 aromatic carbocycles. The largest absolute Gasteiger partial charge is 0.244 e. The highest BCUT2D eigenvalue weighted by Crippen LogP contribution is 2.32. The number of halogens is 1. The molecule has 2 rings (SSSR count). The van der Waals surface area contributed by atoms with Crippen LogP contribution in [0.5, 0.6) is 0 Å². The van der Waals surface area contributed by atoms with Gasteiger partial charge in [-0.2, -0.15) is 4.31 Å². The lowest BCUT2D eigenvalue weighted by molar-refractivity contribution is 0.239. The standard InChI is InChI=1S/C13H20ClNO2S2/c1-10-4-3-5-11(8-10)15(2)19(16,17)13-6-7-18-12(13)9-14/h6-7,10-11H,3-5,8-9H2,1-2H3. The van der Waals surface area contributed by atoms with Gasteiger partial charge in [0.1, 0.15) is 0 Å². The molecule has 0 radical (unpaired) electrons. The summed E-state index contributed by atoms with van der Waals surface area (Å²) >= 11 is 7.22. The molecular formula is C13H20ClNO2S2. The minimum Gasteiger partial charge on any atom is -0.207 e. The van der Waals surface area contributed by atoms with E-state index in [2.05, 4.69) is 6.92 Å². The number of sulfonamides is 1. The van der Waals surface area contributed by atoms with Crippen molar-refractivity contribution >= 4 is 33.0 Å². The van der Waals surface area contributed by atoms with Crippen molar-refractivity contribution in [3.05, 3.63) is 16.3 Å². The van der Waals surface area contributed by atoms with E-state index in [9.17, 15) is 8.42 Å². The van der Waals surface area contributed by atoms with Crippen LogP contribution in [0.3, 0.4) is 0 Å². The van der Waals surface area contributed by atoms with Crippen molar-refractivity contribution in [1.82, 2.24) is 4.31 Å². The molecule has 1 aromatic rings. The van der Waals surface area contributed by atoms with Crippen LogP contribution in [0.4, 0.5) is 0 Å². The van der Waals surface area contributed by atoms with Crippen LogP contribution >= 0.6 is 22.9 Å². The van der Waals surface area contributed by atoms with E-state index < -0.39 is 10.0 Å². The topological polar surface area (TPSA) is 37.4 Å². The Hall–Kier alpha value is -0.100. The number of nitrogens with zero attached hydrogens (tertiary/aromatic N) is 1. The lowest BCUT2D eigenvalue weighted by Crippen LogP contribution is -2.39. The zero-order valence-electron chi connectivity index (χ0n) is 11.3. The van der Waals surface area contributed by atoms with E-state index in [0.29, 0.717) is 10.8 Å². The normalized spacial score (nSPS) is 24.8. The van der Waals surface area contributed by atoms with Crippen molar-refractivity contribution in [3.8, 4) is 0 Å². The molecule has 0 bridgehead atoms. The molecule has 0 amide bonds. The summed E-state index contributed by atoms with van der Waals surface area (Å²) in [5.74, 6) is 0.854. The number of hydrogen-bond donors (Lipinski definition) is 0. The quantitative estimate of drug-likeness (QED) is 0.793. The number of hydrogen-bond acceptors (Lipinski definition) is 3. The Labute approximate surface area is 124 Å². The summed E-state index contributed by atoms with van der Waals surface area (Å²) in [5.41, 5.74) is 0. The first-order valence-electron chi connectivity index (χ1n) is 6.57. The summed E-state index contributed by atoms with van der Waals surface area (Å²) in [6, 6.07) is 1.79. The van der Waals surface area contributed by atoms with E-state index in [0.717, 1.165) is 24.1 Å². The van der Waals surface area contributed by atoms with Gasteiger partial charge in [-0.15, -0.1) is 22.9 Å². The Bertz CT molecular complexity index is 527. The molecule has 1 heterocycles. The SMILES string of the molecule is CC1CCCC(N(C)S(=O)(=O)c2ccsc2CCl)C1. The highest BCUT2D eigenvalue weighted by molar-refractivity contribution is 7.89. The third-order valence-electron chi connectivity index (χ3n) is 3.91. The van der Waals surface area contributed by atoms with Crippen LogP contribution in [0.1, 0.15) is 37.5 Å². The summed E-state index contributed by atoms with van der Waals surface area (Å²) in [5, 5.41) is 1.79. The third kappa shape index (κ3) is 3.15. The van der Waals surface area contributed by atoms with Gasteiger partial charge in [0, 0.05) is 18.0 Å². The molecule has 0 N–H and O–H groups in total. The molecule has 1 fully saturated rings. The van der Waals surface area contributed by atoms with Gasteiger partial charge in [-0.1, -0.05) is 19.8 Å². The molecule has 1 aromatic heterocycles. The van der Waals surface area contributed by atoms with Crippen molar-refractivity contribution in [1.29, 1.82) is 0 Å². The molecule has 19 heavy (non-hydrogen) atoms. The Morgan fingerprint density at radius 3 is 2.84 bits per heavy atom. The molecule has 0 spiro atoms. The lowest BCUT2D eigenvalue weighted by atomic mass is 9.87. The molecule has 1 aliphatic rings. The minimum atomic E-state index is -3.40. The fourth-order valence-corrected chi connectivity index (χ4v) is 5.81. The van der Waals surface area contributed by atoms with E-state index in [-0.39, 0.29) is 11.9 Å². The summed E-state index contributed by atoms with van der Waals surface area (Å²) in [4.78, 5) is 1.12. The maximum atomic E-state index is 12.7. The predicted octanol–water partition coefficient (Wildman–Crippen LogP) is 3.69. The molecule has 1 aliphatic carbocycles. The number of rotatable bonds is 4. The molecule has 6 heteroatoms. The van der Waals surface area contributed by atoms with E-state index in [1.807, 2.05) is 0 Å². The maximum Gasteiger partial charge on any atom is 0.244 e. The summed E-state index contributed by atoms with van der Waals surface area (Å²) in [6.45, 7) is 2.20. The van der Waals surface area contributed by atoms with Gasteiger partial charge in [-0.25, -0.2) is 8.42 Å². The molecule has 2 atom stereocenters. The third-order valence-corrected chi connectivity index (χ3v) is 7.38. The number of thiophene rings is 1. The van der Waals surface area contributed by atoms with E-state index >= 15 is 0 Å².